The molecule has 1 N–H and O–H groups in total. The van der Waals surface area contributed by atoms with Crippen LogP contribution in [0, 0.1) is 5.41 Å². The molecule has 3 aromatic rings. The van der Waals surface area contributed by atoms with Crippen LogP contribution >= 0.6 is 0 Å². The number of nitrogens with zero attached hydrogens (tertiary/aromatic N) is 5. The zero-order chi connectivity index (χ0) is 21.6. The largest absolute Gasteiger partial charge is 0.381 e. The Bertz CT molecular complexity index is 1090. The van der Waals surface area contributed by atoms with Crippen molar-refractivity contribution >= 4 is 16.8 Å². The van der Waals surface area contributed by atoms with Crippen LogP contribution in [0.25, 0.3) is 10.9 Å². The minimum atomic E-state index is -0.363. The summed E-state index contributed by atoms with van der Waals surface area (Å²) in [5.41, 5.74) is 1.73. The van der Waals surface area contributed by atoms with E-state index in [2.05, 4.69) is 65.7 Å². The van der Waals surface area contributed by atoms with Crippen molar-refractivity contribution in [3.05, 3.63) is 41.9 Å². The molecule has 1 spiro atoms. The van der Waals surface area contributed by atoms with Gasteiger partial charge < -0.3 is 14.6 Å². The number of benzene rings is 1. The van der Waals surface area contributed by atoms with Crippen LogP contribution < -0.4 is 0 Å². The fourth-order valence-electron chi connectivity index (χ4n) is 5.14. The lowest BCUT2D eigenvalue weighted by atomic mass is 9.77. The molecule has 164 valence electrons. The van der Waals surface area contributed by atoms with E-state index in [-0.39, 0.29) is 22.9 Å². The van der Waals surface area contributed by atoms with Gasteiger partial charge in [-0.25, -0.2) is 4.68 Å². The van der Waals surface area contributed by atoms with Crippen LogP contribution in [0.3, 0.4) is 0 Å². The summed E-state index contributed by atoms with van der Waals surface area (Å²) in [7, 11) is 0. The first-order valence-electron chi connectivity index (χ1n) is 11.1. The van der Waals surface area contributed by atoms with E-state index in [1.807, 2.05) is 15.6 Å². The first-order chi connectivity index (χ1) is 14.9. The lowest BCUT2D eigenvalue weighted by Crippen LogP contribution is -2.40. The molecule has 0 bridgehead atoms. The number of tetrazole rings is 1. The van der Waals surface area contributed by atoms with Gasteiger partial charge in [0.15, 0.2) is 5.82 Å². The Hall–Kier alpha value is -2.74. The standard InChI is InChI=1S/C23H30N6O2/c1-22(2,3)29-20(25-26-27-29)19-14-23(9-12-31-13-10-23)21(30)28(19)11-8-16-15-24-18-7-5-4-6-17(16)18/h4-7,15,19,24H,8-14H2,1-3H3. The number of para-hydroxylation sites is 1. The number of carbonyl (C=O) groups is 1. The number of amides is 1. The van der Waals surface area contributed by atoms with Crippen molar-refractivity contribution < 1.29 is 9.53 Å². The predicted molar refractivity (Wildman–Crippen MR) is 116 cm³/mol. The molecule has 8 heteroatoms. The van der Waals surface area contributed by atoms with Crippen molar-refractivity contribution in [2.75, 3.05) is 19.8 Å². The van der Waals surface area contributed by atoms with Crippen LogP contribution in [-0.2, 0) is 21.5 Å². The third kappa shape index (κ3) is 3.43. The molecule has 1 aromatic carbocycles. The summed E-state index contributed by atoms with van der Waals surface area (Å²) < 4.78 is 7.47. The van der Waals surface area contributed by atoms with E-state index in [9.17, 15) is 4.79 Å². The molecule has 2 saturated heterocycles. The SMILES string of the molecule is CC(C)(C)n1nnnc1C1CC2(CCOCC2)C(=O)N1CCc1c[nH]c2ccccc12. The van der Waals surface area contributed by atoms with Gasteiger partial charge in [0.25, 0.3) is 0 Å². The highest BCUT2D eigenvalue weighted by Crippen LogP contribution is 2.49. The van der Waals surface area contributed by atoms with Crippen LogP contribution in [0.15, 0.2) is 30.5 Å². The number of carbonyl (C=O) groups excluding carboxylic acids is 1. The van der Waals surface area contributed by atoms with Crippen molar-refractivity contribution in [2.45, 2.75) is 58.0 Å². The van der Waals surface area contributed by atoms with E-state index in [1.54, 1.807) is 0 Å². The molecule has 8 nitrogen and oxygen atoms in total. The van der Waals surface area contributed by atoms with Crippen molar-refractivity contribution in [1.82, 2.24) is 30.1 Å². The summed E-state index contributed by atoms with van der Waals surface area (Å²) in [5, 5.41) is 13.8. The van der Waals surface area contributed by atoms with E-state index >= 15 is 0 Å². The average molecular weight is 423 g/mol. The van der Waals surface area contributed by atoms with Crippen molar-refractivity contribution in [2.24, 2.45) is 5.41 Å². The van der Waals surface area contributed by atoms with Crippen LogP contribution in [0.1, 0.15) is 57.5 Å². The molecule has 2 aliphatic rings. The normalized spacial score (nSPS) is 21.5. The molecular weight excluding hydrogens is 392 g/mol. The zero-order valence-corrected chi connectivity index (χ0v) is 18.5. The molecule has 4 heterocycles. The minimum Gasteiger partial charge on any atom is -0.381 e. The number of nitrogens with one attached hydrogen (secondary N) is 1. The number of H-pyrrole nitrogens is 1. The molecule has 2 fully saturated rings. The van der Waals surface area contributed by atoms with Crippen molar-refractivity contribution in [1.29, 1.82) is 0 Å². The van der Waals surface area contributed by atoms with Gasteiger partial charge in [0.2, 0.25) is 5.91 Å². The molecule has 1 unspecified atom stereocenters. The lowest BCUT2D eigenvalue weighted by molar-refractivity contribution is -0.141. The fourth-order valence-corrected chi connectivity index (χ4v) is 5.14. The maximum Gasteiger partial charge on any atom is 0.229 e. The first kappa shape index (κ1) is 20.2. The van der Waals surface area contributed by atoms with Gasteiger partial charge in [0, 0.05) is 36.9 Å². The number of aromatic amines is 1. The Labute approximate surface area is 181 Å². The number of rotatable bonds is 4. The summed E-state index contributed by atoms with van der Waals surface area (Å²) in [5.74, 6) is 1.01. The Morgan fingerprint density at radius 1 is 1.23 bits per heavy atom. The Morgan fingerprint density at radius 2 is 2.00 bits per heavy atom. The maximum absolute atomic E-state index is 13.8. The van der Waals surface area contributed by atoms with E-state index in [0.29, 0.717) is 19.8 Å². The molecule has 5 rings (SSSR count). The predicted octanol–water partition coefficient (Wildman–Crippen LogP) is 3.22. The minimum absolute atomic E-state index is 0.120. The number of likely N-dealkylation sites (tertiary alicyclic amines) is 1. The topological polar surface area (TPSA) is 88.9 Å². The summed E-state index contributed by atoms with van der Waals surface area (Å²) >= 11 is 0. The second-order valence-corrected chi connectivity index (χ2v) is 9.84. The molecule has 31 heavy (non-hydrogen) atoms. The Balaban J connectivity index is 1.47. The Kier molecular flexibility index (Phi) is 4.84. The molecule has 2 aliphatic heterocycles. The molecule has 0 aliphatic carbocycles. The van der Waals surface area contributed by atoms with Gasteiger partial charge in [-0.05, 0) is 68.5 Å². The molecule has 2 aromatic heterocycles. The third-order valence-electron chi connectivity index (χ3n) is 6.85. The highest BCUT2D eigenvalue weighted by molar-refractivity contribution is 5.86. The van der Waals surface area contributed by atoms with E-state index in [1.165, 1.54) is 10.9 Å². The van der Waals surface area contributed by atoms with Crippen molar-refractivity contribution in [3.8, 4) is 0 Å². The second-order valence-electron chi connectivity index (χ2n) is 9.84. The van der Waals surface area contributed by atoms with E-state index in [0.717, 1.165) is 37.0 Å². The highest BCUT2D eigenvalue weighted by Gasteiger charge is 2.53. The number of hydrogen-bond acceptors (Lipinski definition) is 5. The zero-order valence-electron chi connectivity index (χ0n) is 18.5. The van der Waals surface area contributed by atoms with Gasteiger partial charge in [-0.15, -0.1) is 5.10 Å². The highest BCUT2D eigenvalue weighted by atomic mass is 16.5. The summed E-state index contributed by atoms with van der Waals surface area (Å²) in [6.07, 6.45) is 5.13. The van der Waals surface area contributed by atoms with Gasteiger partial charge in [-0.1, -0.05) is 18.2 Å². The molecule has 1 amide bonds. The number of hydrogen-bond donors (Lipinski definition) is 1. The quantitative estimate of drug-likeness (QED) is 0.697. The monoisotopic (exact) mass is 422 g/mol. The third-order valence-corrected chi connectivity index (χ3v) is 6.85. The smallest absolute Gasteiger partial charge is 0.229 e. The lowest BCUT2D eigenvalue weighted by Gasteiger charge is -2.31. The van der Waals surface area contributed by atoms with Gasteiger partial charge in [0.1, 0.15) is 0 Å². The molecule has 1 atom stereocenters. The van der Waals surface area contributed by atoms with E-state index < -0.39 is 0 Å². The van der Waals surface area contributed by atoms with Gasteiger partial charge in [-0.3, -0.25) is 4.79 Å². The van der Waals surface area contributed by atoms with E-state index in [4.69, 9.17) is 4.74 Å². The van der Waals surface area contributed by atoms with Gasteiger partial charge >= 0.3 is 0 Å². The number of aromatic nitrogens is 5. The van der Waals surface area contributed by atoms with Crippen LogP contribution in [0.5, 0.6) is 0 Å². The second kappa shape index (κ2) is 7.44. The molecular formula is C23H30N6O2. The summed E-state index contributed by atoms with van der Waals surface area (Å²) in [6.45, 7) is 8.18. The summed E-state index contributed by atoms with van der Waals surface area (Å²) in [6, 6.07) is 8.17. The maximum atomic E-state index is 13.8. The van der Waals surface area contributed by atoms with Crippen LogP contribution in [-0.4, -0.2) is 55.8 Å². The van der Waals surface area contributed by atoms with Crippen LogP contribution in [0.2, 0.25) is 0 Å². The molecule has 0 radical (unpaired) electrons. The first-order valence-corrected chi connectivity index (χ1v) is 11.1. The molecule has 0 saturated carbocycles. The number of fused-ring (bicyclic) bond motifs is 1. The van der Waals surface area contributed by atoms with Crippen molar-refractivity contribution in [3.63, 3.8) is 0 Å². The average Bonchev–Trinajstić information content (AvgIpc) is 3.45. The van der Waals surface area contributed by atoms with Gasteiger partial charge in [-0.2, -0.15) is 0 Å². The van der Waals surface area contributed by atoms with Crippen LogP contribution in [0.4, 0.5) is 0 Å². The fraction of sp³-hybridized carbons (Fsp3) is 0.565. The Morgan fingerprint density at radius 3 is 2.77 bits per heavy atom. The summed E-state index contributed by atoms with van der Waals surface area (Å²) in [4.78, 5) is 19.1. The van der Waals surface area contributed by atoms with Gasteiger partial charge in [0.05, 0.1) is 17.0 Å². The number of ether oxygens (including phenoxy) is 1.